The molecule has 1 aliphatic heterocycles. The van der Waals surface area contributed by atoms with Crippen molar-refractivity contribution in [1.29, 1.82) is 0 Å². The van der Waals surface area contributed by atoms with Gasteiger partial charge in [-0.15, -0.1) is 0 Å². The van der Waals surface area contributed by atoms with Crippen LogP contribution in [0.5, 0.6) is 0 Å². The van der Waals surface area contributed by atoms with Gasteiger partial charge in [0.05, 0.1) is 0 Å². The fourth-order valence-electron chi connectivity index (χ4n) is 3.26. The molecule has 1 aliphatic rings. The first-order valence-corrected chi connectivity index (χ1v) is 10.8. The van der Waals surface area contributed by atoms with E-state index in [1.807, 2.05) is 29.2 Å². The van der Waals surface area contributed by atoms with E-state index >= 15 is 0 Å². The van der Waals surface area contributed by atoms with Gasteiger partial charge in [-0.05, 0) is 51.3 Å². The predicted octanol–water partition coefficient (Wildman–Crippen LogP) is 3.25. The van der Waals surface area contributed by atoms with E-state index in [0.717, 1.165) is 12.0 Å². The molecule has 166 valence electrons. The summed E-state index contributed by atoms with van der Waals surface area (Å²) in [5.74, 6) is 0.0650. The lowest BCUT2D eigenvalue weighted by molar-refractivity contribution is -0.133. The molecule has 0 bridgehead atoms. The van der Waals surface area contributed by atoms with E-state index in [9.17, 15) is 14.4 Å². The summed E-state index contributed by atoms with van der Waals surface area (Å²) in [6.07, 6.45) is 1.50. The summed E-state index contributed by atoms with van der Waals surface area (Å²) >= 11 is 5.99. The number of aryl methyl sites for hydroxylation is 1. The molecule has 1 fully saturated rings. The SMILES string of the molecule is CC(C)(C)OC(=O)NCCC(=O)N1CCCN(C(=O)CCc2cccc(Cl)c2)CC1. The lowest BCUT2D eigenvalue weighted by atomic mass is 10.1. The fraction of sp³-hybridized carbons (Fsp3) is 0.591. The van der Waals surface area contributed by atoms with Gasteiger partial charge in [0.2, 0.25) is 11.8 Å². The topological polar surface area (TPSA) is 79.0 Å². The molecule has 3 amide bonds. The summed E-state index contributed by atoms with van der Waals surface area (Å²) in [5, 5.41) is 3.28. The number of hydrogen-bond donors (Lipinski definition) is 1. The molecule has 1 aromatic rings. The maximum absolute atomic E-state index is 12.6. The number of nitrogens with zero attached hydrogens (tertiary/aromatic N) is 2. The Balaban J connectivity index is 1.72. The van der Waals surface area contributed by atoms with E-state index in [4.69, 9.17) is 16.3 Å². The monoisotopic (exact) mass is 437 g/mol. The maximum Gasteiger partial charge on any atom is 0.407 e. The lowest BCUT2D eigenvalue weighted by Gasteiger charge is -2.23. The van der Waals surface area contributed by atoms with Gasteiger partial charge in [-0.2, -0.15) is 0 Å². The van der Waals surface area contributed by atoms with Gasteiger partial charge in [0.1, 0.15) is 5.60 Å². The normalized spacial score (nSPS) is 14.8. The number of carbonyl (C=O) groups is 3. The molecule has 2 rings (SSSR count). The van der Waals surface area contributed by atoms with Crippen LogP contribution in [0.2, 0.25) is 5.02 Å². The molecule has 1 N–H and O–H groups in total. The summed E-state index contributed by atoms with van der Waals surface area (Å²) in [6, 6.07) is 7.54. The minimum absolute atomic E-state index is 0.0284. The van der Waals surface area contributed by atoms with Gasteiger partial charge in [0, 0.05) is 50.6 Å². The molecule has 0 saturated carbocycles. The van der Waals surface area contributed by atoms with Crippen LogP contribution in [0, 0.1) is 0 Å². The van der Waals surface area contributed by atoms with Crippen LogP contribution in [0.25, 0.3) is 0 Å². The van der Waals surface area contributed by atoms with Crippen molar-refractivity contribution in [3.05, 3.63) is 34.9 Å². The second-order valence-corrected chi connectivity index (χ2v) is 8.86. The van der Waals surface area contributed by atoms with E-state index < -0.39 is 11.7 Å². The molecule has 0 atom stereocenters. The summed E-state index contributed by atoms with van der Waals surface area (Å²) in [6.45, 7) is 7.89. The van der Waals surface area contributed by atoms with Crippen molar-refractivity contribution in [3.63, 3.8) is 0 Å². The minimum Gasteiger partial charge on any atom is -0.444 e. The third-order valence-corrected chi connectivity index (χ3v) is 4.96. The van der Waals surface area contributed by atoms with E-state index in [0.29, 0.717) is 44.0 Å². The Morgan fingerprint density at radius 3 is 2.27 bits per heavy atom. The Morgan fingerprint density at radius 1 is 1.03 bits per heavy atom. The summed E-state index contributed by atoms with van der Waals surface area (Å²) in [7, 11) is 0. The van der Waals surface area contributed by atoms with Crippen molar-refractivity contribution in [2.75, 3.05) is 32.7 Å². The number of hydrogen-bond acceptors (Lipinski definition) is 4. The van der Waals surface area contributed by atoms with Crippen LogP contribution in [0.15, 0.2) is 24.3 Å². The van der Waals surface area contributed by atoms with Crippen LogP contribution in [0.4, 0.5) is 4.79 Å². The Bertz CT molecular complexity index is 748. The molecule has 30 heavy (non-hydrogen) atoms. The van der Waals surface area contributed by atoms with Crippen molar-refractivity contribution >= 4 is 29.5 Å². The molecule has 1 heterocycles. The first-order valence-electron chi connectivity index (χ1n) is 10.4. The van der Waals surface area contributed by atoms with E-state index in [2.05, 4.69) is 5.32 Å². The highest BCUT2D eigenvalue weighted by atomic mass is 35.5. The van der Waals surface area contributed by atoms with Crippen molar-refractivity contribution < 1.29 is 19.1 Å². The van der Waals surface area contributed by atoms with Crippen LogP contribution in [0.3, 0.4) is 0 Å². The highest BCUT2D eigenvalue weighted by Crippen LogP contribution is 2.14. The predicted molar refractivity (Wildman–Crippen MR) is 116 cm³/mol. The number of amides is 3. The number of carbonyl (C=O) groups excluding carboxylic acids is 3. The molecular weight excluding hydrogens is 406 g/mol. The molecule has 0 spiro atoms. The maximum atomic E-state index is 12.6. The van der Waals surface area contributed by atoms with Crippen LogP contribution in [-0.4, -0.2) is 66.0 Å². The van der Waals surface area contributed by atoms with E-state index in [-0.39, 0.29) is 24.8 Å². The van der Waals surface area contributed by atoms with Gasteiger partial charge < -0.3 is 19.9 Å². The van der Waals surface area contributed by atoms with Crippen LogP contribution >= 0.6 is 11.6 Å². The second kappa shape index (κ2) is 11.2. The standard InChI is InChI=1S/C22H32ClN3O4/c1-22(2,3)30-21(29)24-11-10-20(28)26-13-5-12-25(14-15-26)19(27)9-8-17-6-4-7-18(23)16-17/h4,6-7,16H,5,8-15H2,1-3H3,(H,24,29). The first-order chi connectivity index (χ1) is 14.1. The number of benzene rings is 1. The molecule has 8 heteroatoms. The molecule has 1 saturated heterocycles. The average Bonchev–Trinajstić information content (AvgIpc) is 2.91. The van der Waals surface area contributed by atoms with Crippen LogP contribution in [-0.2, 0) is 20.7 Å². The van der Waals surface area contributed by atoms with Gasteiger partial charge in [0.25, 0.3) is 0 Å². The first kappa shape index (κ1) is 24.0. The number of halogens is 1. The quantitative estimate of drug-likeness (QED) is 0.740. The van der Waals surface area contributed by atoms with Gasteiger partial charge >= 0.3 is 6.09 Å². The summed E-state index contributed by atoms with van der Waals surface area (Å²) < 4.78 is 5.16. The molecule has 0 radical (unpaired) electrons. The summed E-state index contributed by atoms with van der Waals surface area (Å²) in [4.78, 5) is 40.3. The highest BCUT2D eigenvalue weighted by molar-refractivity contribution is 6.30. The Morgan fingerprint density at radius 2 is 1.67 bits per heavy atom. The van der Waals surface area contributed by atoms with Crippen molar-refractivity contribution in [1.82, 2.24) is 15.1 Å². The van der Waals surface area contributed by atoms with Crippen molar-refractivity contribution in [2.24, 2.45) is 0 Å². The van der Waals surface area contributed by atoms with Crippen LogP contribution in [0.1, 0.15) is 45.6 Å². The van der Waals surface area contributed by atoms with E-state index in [1.54, 1.807) is 25.7 Å². The third kappa shape index (κ3) is 8.61. The van der Waals surface area contributed by atoms with Crippen molar-refractivity contribution in [2.45, 2.75) is 52.1 Å². The number of alkyl carbamates (subject to hydrolysis) is 1. The minimum atomic E-state index is -0.568. The smallest absolute Gasteiger partial charge is 0.407 e. The van der Waals surface area contributed by atoms with Crippen molar-refractivity contribution in [3.8, 4) is 0 Å². The zero-order chi connectivity index (χ0) is 22.1. The highest BCUT2D eigenvalue weighted by Gasteiger charge is 2.22. The van der Waals surface area contributed by atoms with Gasteiger partial charge in [-0.1, -0.05) is 23.7 Å². The van der Waals surface area contributed by atoms with Gasteiger partial charge in [-0.3, -0.25) is 9.59 Å². The average molecular weight is 438 g/mol. The molecule has 7 nitrogen and oxygen atoms in total. The molecule has 0 aliphatic carbocycles. The number of nitrogens with one attached hydrogen (secondary N) is 1. The van der Waals surface area contributed by atoms with Gasteiger partial charge in [0.15, 0.2) is 0 Å². The Labute approximate surface area is 183 Å². The molecule has 0 unspecified atom stereocenters. The fourth-order valence-corrected chi connectivity index (χ4v) is 3.47. The summed E-state index contributed by atoms with van der Waals surface area (Å²) in [5.41, 5.74) is 0.474. The zero-order valence-corrected chi connectivity index (χ0v) is 18.8. The second-order valence-electron chi connectivity index (χ2n) is 8.42. The van der Waals surface area contributed by atoms with Gasteiger partial charge in [-0.25, -0.2) is 4.79 Å². The largest absolute Gasteiger partial charge is 0.444 e. The zero-order valence-electron chi connectivity index (χ0n) is 18.1. The molecular formula is C22H32ClN3O4. The molecule has 0 aromatic heterocycles. The lowest BCUT2D eigenvalue weighted by Crippen LogP contribution is -2.39. The number of ether oxygens (including phenoxy) is 1. The van der Waals surface area contributed by atoms with E-state index in [1.165, 1.54) is 0 Å². The van der Waals surface area contributed by atoms with Crippen LogP contribution < -0.4 is 5.32 Å². The molecule has 1 aromatic carbocycles. The number of rotatable bonds is 6. The third-order valence-electron chi connectivity index (χ3n) is 4.72. The Hall–Kier alpha value is -2.28. The Kier molecular flexibility index (Phi) is 8.96.